The number of amides is 1. The highest BCUT2D eigenvalue weighted by Crippen LogP contribution is 2.36. The fourth-order valence-corrected chi connectivity index (χ4v) is 7.97. The van der Waals surface area contributed by atoms with E-state index in [9.17, 15) is 13.2 Å². The van der Waals surface area contributed by atoms with Crippen molar-refractivity contribution in [2.45, 2.75) is 81.5 Å². The summed E-state index contributed by atoms with van der Waals surface area (Å²) in [7, 11) is -3.85. The van der Waals surface area contributed by atoms with E-state index in [0.29, 0.717) is 33.8 Å². The number of rotatable bonds is 7. The highest BCUT2D eigenvalue weighted by molar-refractivity contribution is 7.90. The number of nitrogens with zero attached hydrogens (tertiary/aromatic N) is 4. The topological polar surface area (TPSA) is 118 Å². The maximum atomic E-state index is 13.6. The van der Waals surface area contributed by atoms with E-state index < -0.39 is 15.6 Å². The minimum atomic E-state index is -3.85. The number of para-hydroxylation sites is 1. The third-order valence-electron chi connectivity index (χ3n) is 8.41. The van der Waals surface area contributed by atoms with Gasteiger partial charge in [-0.25, -0.2) is 27.2 Å². The molecule has 0 spiro atoms. The van der Waals surface area contributed by atoms with Gasteiger partial charge in [-0.15, -0.1) is 0 Å². The molecule has 2 fully saturated rings. The normalized spacial score (nSPS) is 21.1. The molecule has 1 saturated carbocycles. The van der Waals surface area contributed by atoms with Crippen molar-refractivity contribution in [3.05, 3.63) is 72.0 Å². The zero-order valence-corrected chi connectivity index (χ0v) is 27.3. The SMILES string of the molecule is CC(C)(C)OC(=O)N[C@H]1CCN([C@H]2CCC[C@@H](Nc3ncc(Cl)c(-c4cn(S(=O)(=O)c5ccccc5)c5ccccc45)n3)C2)C1. The van der Waals surface area contributed by atoms with E-state index in [1.807, 2.05) is 39.0 Å². The maximum absolute atomic E-state index is 13.6. The number of alkyl carbamates (subject to hydrolysis) is 1. The number of hydrogen-bond donors (Lipinski definition) is 2. The Balaban J connectivity index is 1.18. The van der Waals surface area contributed by atoms with Gasteiger partial charge in [-0.3, -0.25) is 4.90 Å². The molecule has 2 aliphatic rings. The van der Waals surface area contributed by atoms with Crippen LogP contribution in [0.2, 0.25) is 5.02 Å². The number of halogens is 1. The van der Waals surface area contributed by atoms with E-state index in [1.54, 1.807) is 48.8 Å². The molecule has 4 aromatic rings. The second-order valence-corrected chi connectivity index (χ2v) is 15.1. The van der Waals surface area contributed by atoms with E-state index in [1.165, 1.54) is 3.97 Å². The summed E-state index contributed by atoms with van der Waals surface area (Å²) in [5, 5.41) is 7.62. The van der Waals surface area contributed by atoms with Gasteiger partial charge in [-0.2, -0.15) is 0 Å². The third kappa shape index (κ3) is 6.95. The van der Waals surface area contributed by atoms with Gasteiger partial charge in [0.15, 0.2) is 0 Å². The zero-order chi connectivity index (χ0) is 31.8. The number of hydrogen-bond acceptors (Lipinski definition) is 8. The quantitative estimate of drug-likeness (QED) is 0.239. The average Bonchev–Trinajstić information content (AvgIpc) is 3.63. The molecule has 3 atom stereocenters. The molecule has 10 nitrogen and oxygen atoms in total. The monoisotopic (exact) mass is 650 g/mol. The standard InChI is InChI=1S/C33H39ClN6O4S/c1-33(2,3)44-32(41)37-23-16-17-39(20-23)24-11-9-10-22(18-24)36-31-35-19-28(34)30(38-31)27-21-40(29-15-8-7-14-26(27)29)45(42,43)25-12-5-4-6-13-25/h4-8,12-15,19,21-24H,9-11,16-18,20H2,1-3H3,(H,37,41)(H,35,36,38)/t22-,23+,24+/m1/s1. The Kier molecular flexibility index (Phi) is 8.78. The van der Waals surface area contributed by atoms with Gasteiger partial charge in [0.05, 0.1) is 27.3 Å². The van der Waals surface area contributed by atoms with Crippen molar-refractivity contribution in [1.82, 2.24) is 24.2 Å². The summed E-state index contributed by atoms with van der Waals surface area (Å²) in [6.07, 6.45) is 7.76. The van der Waals surface area contributed by atoms with Gasteiger partial charge in [0.1, 0.15) is 5.60 Å². The fourth-order valence-electron chi connectivity index (χ4n) is 6.39. The lowest BCUT2D eigenvalue weighted by Gasteiger charge is -2.35. The van der Waals surface area contributed by atoms with Gasteiger partial charge in [0, 0.05) is 48.4 Å². The van der Waals surface area contributed by atoms with E-state index in [4.69, 9.17) is 21.3 Å². The van der Waals surface area contributed by atoms with Crippen LogP contribution < -0.4 is 10.6 Å². The van der Waals surface area contributed by atoms with Crippen LogP contribution in [0.25, 0.3) is 22.2 Å². The Morgan fingerprint density at radius 3 is 2.56 bits per heavy atom. The highest BCUT2D eigenvalue weighted by atomic mass is 35.5. The molecule has 6 rings (SSSR count). The molecule has 2 aromatic carbocycles. The first-order valence-corrected chi connectivity index (χ1v) is 17.2. The van der Waals surface area contributed by atoms with E-state index in [0.717, 1.165) is 50.6 Å². The number of aromatic nitrogens is 3. The van der Waals surface area contributed by atoms with E-state index in [-0.39, 0.29) is 23.1 Å². The predicted octanol–water partition coefficient (Wildman–Crippen LogP) is 6.31. The summed E-state index contributed by atoms with van der Waals surface area (Å²) in [4.78, 5) is 24.2. The van der Waals surface area contributed by atoms with Crippen LogP contribution in [0, 0.1) is 0 Å². The van der Waals surface area contributed by atoms with Gasteiger partial charge in [-0.1, -0.05) is 48.0 Å². The second kappa shape index (κ2) is 12.6. The van der Waals surface area contributed by atoms with Crippen LogP contribution in [-0.2, 0) is 14.8 Å². The lowest BCUT2D eigenvalue weighted by molar-refractivity contribution is 0.0503. The first-order valence-electron chi connectivity index (χ1n) is 15.4. The Hall–Kier alpha value is -3.67. The fraction of sp³-hybridized carbons (Fsp3) is 0.424. The molecule has 0 bridgehead atoms. The molecule has 2 N–H and O–H groups in total. The van der Waals surface area contributed by atoms with Crippen molar-refractivity contribution in [1.29, 1.82) is 0 Å². The van der Waals surface area contributed by atoms with E-state index >= 15 is 0 Å². The summed E-state index contributed by atoms with van der Waals surface area (Å²) in [6, 6.07) is 16.3. The van der Waals surface area contributed by atoms with Crippen LogP contribution in [0.4, 0.5) is 10.7 Å². The number of benzene rings is 2. The Morgan fingerprint density at radius 2 is 1.78 bits per heavy atom. The van der Waals surface area contributed by atoms with Gasteiger partial charge < -0.3 is 15.4 Å². The molecular formula is C33H39ClN6O4S. The Morgan fingerprint density at radius 1 is 1.02 bits per heavy atom. The number of nitrogens with one attached hydrogen (secondary N) is 2. The molecule has 2 aromatic heterocycles. The summed E-state index contributed by atoms with van der Waals surface area (Å²) in [6.45, 7) is 7.32. The van der Waals surface area contributed by atoms with Crippen LogP contribution in [0.3, 0.4) is 0 Å². The Labute approximate surface area is 269 Å². The predicted molar refractivity (Wildman–Crippen MR) is 176 cm³/mol. The molecule has 1 saturated heterocycles. The Bertz CT molecular complexity index is 1790. The largest absolute Gasteiger partial charge is 0.444 e. The number of likely N-dealkylation sites (tertiary alicyclic amines) is 1. The van der Waals surface area contributed by atoms with Crippen LogP contribution in [-0.4, -0.2) is 70.2 Å². The molecule has 0 radical (unpaired) electrons. The highest BCUT2D eigenvalue weighted by Gasteiger charge is 2.33. The molecule has 238 valence electrons. The molecular weight excluding hydrogens is 612 g/mol. The van der Waals surface area contributed by atoms with Crippen LogP contribution >= 0.6 is 11.6 Å². The van der Waals surface area contributed by atoms with Gasteiger partial charge in [0.2, 0.25) is 5.95 Å². The molecule has 45 heavy (non-hydrogen) atoms. The summed E-state index contributed by atoms with van der Waals surface area (Å²) in [5.74, 6) is 0.452. The van der Waals surface area contributed by atoms with Crippen molar-refractivity contribution in [3.8, 4) is 11.3 Å². The van der Waals surface area contributed by atoms with Crippen LogP contribution in [0.1, 0.15) is 52.9 Å². The lowest BCUT2D eigenvalue weighted by atomic mass is 9.90. The van der Waals surface area contributed by atoms with Crippen molar-refractivity contribution < 1.29 is 17.9 Å². The first-order chi connectivity index (χ1) is 21.5. The molecule has 1 aliphatic heterocycles. The number of carbonyl (C=O) groups excluding carboxylic acids is 1. The minimum absolute atomic E-state index is 0.0724. The van der Waals surface area contributed by atoms with Crippen molar-refractivity contribution in [2.24, 2.45) is 0 Å². The second-order valence-electron chi connectivity index (χ2n) is 12.9. The number of carbonyl (C=O) groups is 1. The first kappa shape index (κ1) is 31.3. The third-order valence-corrected chi connectivity index (χ3v) is 10.4. The molecule has 3 heterocycles. The van der Waals surface area contributed by atoms with Gasteiger partial charge in [0.25, 0.3) is 10.0 Å². The summed E-state index contributed by atoms with van der Waals surface area (Å²) in [5.41, 5.74) is 1.10. The molecule has 0 unspecified atom stereocenters. The maximum Gasteiger partial charge on any atom is 0.407 e. The number of ether oxygens (including phenoxy) is 1. The molecule has 12 heteroatoms. The van der Waals surface area contributed by atoms with Gasteiger partial charge in [-0.05, 0) is 71.1 Å². The summed E-state index contributed by atoms with van der Waals surface area (Å²) < 4.78 is 34.0. The molecule has 1 aliphatic carbocycles. The zero-order valence-electron chi connectivity index (χ0n) is 25.7. The van der Waals surface area contributed by atoms with E-state index in [2.05, 4.69) is 20.5 Å². The van der Waals surface area contributed by atoms with Gasteiger partial charge >= 0.3 is 6.09 Å². The van der Waals surface area contributed by atoms with Crippen molar-refractivity contribution in [3.63, 3.8) is 0 Å². The number of anilines is 1. The lowest BCUT2D eigenvalue weighted by Crippen LogP contribution is -2.44. The van der Waals surface area contributed by atoms with Crippen LogP contribution in [0.5, 0.6) is 0 Å². The van der Waals surface area contributed by atoms with Crippen molar-refractivity contribution >= 4 is 44.6 Å². The van der Waals surface area contributed by atoms with Crippen LogP contribution in [0.15, 0.2) is 71.9 Å². The molecule has 1 amide bonds. The number of fused-ring (bicyclic) bond motifs is 1. The average molecular weight is 651 g/mol. The smallest absolute Gasteiger partial charge is 0.407 e. The minimum Gasteiger partial charge on any atom is -0.444 e. The summed E-state index contributed by atoms with van der Waals surface area (Å²) >= 11 is 6.65. The van der Waals surface area contributed by atoms with Crippen molar-refractivity contribution in [2.75, 3.05) is 18.4 Å².